The van der Waals surface area contributed by atoms with Crippen molar-refractivity contribution < 1.29 is 18.0 Å². The van der Waals surface area contributed by atoms with Gasteiger partial charge in [0.2, 0.25) is 0 Å². The molecule has 0 spiro atoms. The summed E-state index contributed by atoms with van der Waals surface area (Å²) < 4.78 is 37.9. The molecule has 20 heavy (non-hydrogen) atoms. The van der Waals surface area contributed by atoms with Crippen LogP contribution in [0.15, 0.2) is 23.3 Å². The molecule has 2 N–H and O–H groups in total. The highest BCUT2D eigenvalue weighted by Crippen LogP contribution is 2.36. The van der Waals surface area contributed by atoms with E-state index in [1.54, 1.807) is 13.8 Å². The Morgan fingerprint density at radius 2 is 2.00 bits per heavy atom. The molecule has 1 rings (SSSR count). The van der Waals surface area contributed by atoms with Crippen LogP contribution in [0.5, 0.6) is 0 Å². The van der Waals surface area contributed by atoms with E-state index in [1.807, 2.05) is 0 Å². The summed E-state index contributed by atoms with van der Waals surface area (Å²) in [5, 5.41) is 5.86. The highest BCUT2D eigenvalue weighted by molar-refractivity contribution is 6.31. The fraction of sp³-hybridized carbons (Fsp3) is 0.333. The second-order valence-corrected chi connectivity index (χ2v) is 4.55. The lowest BCUT2D eigenvalue weighted by atomic mass is 10.2. The zero-order valence-corrected chi connectivity index (χ0v) is 11.6. The van der Waals surface area contributed by atoms with Gasteiger partial charge in [0, 0.05) is 11.4 Å². The predicted molar refractivity (Wildman–Crippen MR) is 71.9 cm³/mol. The van der Waals surface area contributed by atoms with Gasteiger partial charge in [0.15, 0.2) is 0 Å². The van der Waals surface area contributed by atoms with E-state index in [4.69, 9.17) is 11.6 Å². The molecule has 0 saturated heterocycles. The highest BCUT2D eigenvalue weighted by Gasteiger charge is 2.33. The number of amides is 1. The average molecular weight is 308 g/mol. The summed E-state index contributed by atoms with van der Waals surface area (Å²) in [7, 11) is 0. The Bertz CT molecular complexity index is 525. The third-order valence-electron chi connectivity index (χ3n) is 2.13. The molecule has 0 saturated carbocycles. The summed E-state index contributed by atoms with van der Waals surface area (Å²) in [4.78, 5) is 11.3. The molecule has 1 amide bonds. The van der Waals surface area contributed by atoms with Crippen molar-refractivity contribution >= 4 is 28.9 Å². The van der Waals surface area contributed by atoms with Crippen molar-refractivity contribution in [2.24, 2.45) is 5.10 Å². The first kappa shape index (κ1) is 16.3. The first-order valence-corrected chi connectivity index (χ1v) is 5.98. The molecule has 0 aromatic heterocycles. The van der Waals surface area contributed by atoms with Gasteiger partial charge in [-0.25, -0.2) is 5.43 Å². The Morgan fingerprint density at radius 3 is 2.55 bits per heavy atom. The van der Waals surface area contributed by atoms with E-state index in [-0.39, 0.29) is 12.2 Å². The molecule has 0 aliphatic carbocycles. The zero-order valence-electron chi connectivity index (χ0n) is 10.8. The molecule has 0 heterocycles. The predicted octanol–water partition coefficient (Wildman–Crippen LogP) is 3.28. The molecular formula is C12H13ClF3N3O. The van der Waals surface area contributed by atoms with Gasteiger partial charge in [-0.15, -0.1) is 0 Å². The number of carbonyl (C=O) groups excluding carboxylic acids is 1. The van der Waals surface area contributed by atoms with Crippen LogP contribution in [0.1, 0.15) is 19.4 Å². The van der Waals surface area contributed by atoms with Crippen LogP contribution in [0.25, 0.3) is 0 Å². The Labute approximate surface area is 119 Å². The van der Waals surface area contributed by atoms with Gasteiger partial charge in [0.05, 0.1) is 17.1 Å². The van der Waals surface area contributed by atoms with Gasteiger partial charge in [0.1, 0.15) is 0 Å². The minimum absolute atomic E-state index is 0.147. The maximum atomic E-state index is 12.6. The fourth-order valence-electron chi connectivity index (χ4n) is 1.25. The Balaban J connectivity index is 2.70. The second-order valence-electron chi connectivity index (χ2n) is 4.14. The number of anilines is 1. The Kier molecular flexibility index (Phi) is 5.38. The van der Waals surface area contributed by atoms with E-state index >= 15 is 0 Å². The number of hydrazone groups is 1. The third kappa shape index (κ3) is 5.08. The number of halogens is 4. The van der Waals surface area contributed by atoms with Crippen molar-refractivity contribution in [1.29, 1.82) is 0 Å². The molecule has 0 aliphatic heterocycles. The van der Waals surface area contributed by atoms with Crippen LogP contribution in [-0.4, -0.2) is 18.2 Å². The van der Waals surface area contributed by atoms with Gasteiger partial charge >= 0.3 is 6.18 Å². The second kappa shape index (κ2) is 6.60. The molecule has 0 aliphatic rings. The number of alkyl halides is 3. The molecule has 0 fully saturated rings. The first-order chi connectivity index (χ1) is 9.20. The number of benzene rings is 1. The van der Waals surface area contributed by atoms with Gasteiger partial charge in [-0.1, -0.05) is 11.6 Å². The van der Waals surface area contributed by atoms with Gasteiger partial charge in [-0.2, -0.15) is 18.3 Å². The largest absolute Gasteiger partial charge is 0.417 e. The molecule has 1 aromatic rings. The van der Waals surface area contributed by atoms with Crippen LogP contribution >= 0.6 is 11.6 Å². The Morgan fingerprint density at radius 1 is 1.35 bits per heavy atom. The van der Waals surface area contributed by atoms with Crippen molar-refractivity contribution in [1.82, 2.24) is 5.43 Å². The van der Waals surface area contributed by atoms with Gasteiger partial charge < -0.3 is 5.32 Å². The molecule has 110 valence electrons. The van der Waals surface area contributed by atoms with Crippen LogP contribution in [-0.2, 0) is 11.0 Å². The topological polar surface area (TPSA) is 53.5 Å². The minimum atomic E-state index is -4.54. The molecule has 8 heteroatoms. The van der Waals surface area contributed by atoms with Gasteiger partial charge in [0.25, 0.3) is 5.91 Å². The molecule has 1 aromatic carbocycles. The number of carbonyl (C=O) groups is 1. The minimum Gasteiger partial charge on any atom is -0.376 e. The maximum absolute atomic E-state index is 12.6. The lowest BCUT2D eigenvalue weighted by molar-refractivity contribution is -0.137. The van der Waals surface area contributed by atoms with Gasteiger partial charge in [-0.05, 0) is 32.0 Å². The molecule has 0 atom stereocenters. The van der Waals surface area contributed by atoms with Crippen LogP contribution in [0.3, 0.4) is 0 Å². The zero-order chi connectivity index (χ0) is 15.3. The number of hydrogen-bond donors (Lipinski definition) is 2. The van der Waals surface area contributed by atoms with Crippen molar-refractivity contribution in [3.63, 3.8) is 0 Å². The molecule has 4 nitrogen and oxygen atoms in total. The van der Waals surface area contributed by atoms with Crippen molar-refractivity contribution in [3.05, 3.63) is 28.8 Å². The van der Waals surface area contributed by atoms with Crippen LogP contribution in [0, 0.1) is 0 Å². The van der Waals surface area contributed by atoms with E-state index < -0.39 is 22.7 Å². The van der Waals surface area contributed by atoms with Crippen molar-refractivity contribution in [2.45, 2.75) is 20.0 Å². The van der Waals surface area contributed by atoms with Crippen molar-refractivity contribution in [3.8, 4) is 0 Å². The molecule has 0 radical (unpaired) electrons. The lowest BCUT2D eigenvalue weighted by Crippen LogP contribution is -2.26. The SMILES string of the molecule is CC(C)=NNC(=O)CNc1ccc(Cl)c(C(F)(F)F)c1. The first-order valence-electron chi connectivity index (χ1n) is 5.60. The number of hydrogen-bond acceptors (Lipinski definition) is 3. The number of rotatable bonds is 4. The highest BCUT2D eigenvalue weighted by atomic mass is 35.5. The smallest absolute Gasteiger partial charge is 0.376 e. The van der Waals surface area contributed by atoms with Crippen LogP contribution in [0.4, 0.5) is 18.9 Å². The summed E-state index contributed by atoms with van der Waals surface area (Å²) >= 11 is 5.48. The Hall–Kier alpha value is -1.76. The standard InChI is InChI=1S/C12H13ClF3N3O/c1-7(2)18-19-11(20)6-17-8-3-4-10(13)9(5-8)12(14,15)16/h3-5,17H,6H2,1-2H3,(H,19,20). The number of nitrogens with zero attached hydrogens (tertiary/aromatic N) is 1. The van der Waals surface area contributed by atoms with E-state index in [2.05, 4.69) is 15.8 Å². The van der Waals surface area contributed by atoms with Crippen LogP contribution < -0.4 is 10.7 Å². The molecule has 0 unspecified atom stereocenters. The summed E-state index contributed by atoms with van der Waals surface area (Å²) in [5.41, 5.74) is 2.10. The van der Waals surface area contributed by atoms with Gasteiger partial charge in [-0.3, -0.25) is 4.79 Å². The van der Waals surface area contributed by atoms with E-state index in [0.29, 0.717) is 5.71 Å². The monoisotopic (exact) mass is 307 g/mol. The summed E-state index contributed by atoms with van der Waals surface area (Å²) in [6.45, 7) is 3.20. The summed E-state index contributed by atoms with van der Waals surface area (Å²) in [6, 6.07) is 3.34. The van der Waals surface area contributed by atoms with E-state index in [1.165, 1.54) is 6.07 Å². The average Bonchev–Trinajstić information content (AvgIpc) is 2.33. The maximum Gasteiger partial charge on any atom is 0.417 e. The number of nitrogens with one attached hydrogen (secondary N) is 2. The third-order valence-corrected chi connectivity index (χ3v) is 2.46. The fourth-order valence-corrected chi connectivity index (χ4v) is 1.47. The quantitative estimate of drug-likeness (QED) is 0.662. The summed E-state index contributed by atoms with van der Waals surface area (Å²) in [5.74, 6) is -0.463. The van der Waals surface area contributed by atoms with Crippen LogP contribution in [0.2, 0.25) is 5.02 Å². The molecule has 0 bridgehead atoms. The van der Waals surface area contributed by atoms with E-state index in [9.17, 15) is 18.0 Å². The van der Waals surface area contributed by atoms with Crippen molar-refractivity contribution in [2.75, 3.05) is 11.9 Å². The molecular weight excluding hydrogens is 295 g/mol. The normalized spacial score (nSPS) is 10.9. The summed E-state index contributed by atoms with van der Waals surface area (Å²) in [6.07, 6.45) is -4.54. The van der Waals surface area contributed by atoms with E-state index in [0.717, 1.165) is 12.1 Å². The lowest BCUT2D eigenvalue weighted by Gasteiger charge is -2.12.